The predicted molar refractivity (Wildman–Crippen MR) is 196 cm³/mol. The molecule has 2 N–H and O–H groups in total. The largest absolute Gasteiger partial charge is 0.493 e. The molecule has 0 unspecified atom stereocenters. The molecule has 0 fully saturated rings. The van der Waals surface area contributed by atoms with E-state index in [4.69, 9.17) is 24.9 Å². The maximum Gasteiger partial charge on any atom is 0.260 e. The highest BCUT2D eigenvalue weighted by Gasteiger charge is 2.35. The van der Waals surface area contributed by atoms with Gasteiger partial charge in [0.2, 0.25) is 0 Å². The summed E-state index contributed by atoms with van der Waals surface area (Å²) in [7, 11) is 1.56. The van der Waals surface area contributed by atoms with Crippen molar-refractivity contribution in [2.75, 3.05) is 26.1 Å². The first-order valence-electron chi connectivity index (χ1n) is 16.5. The summed E-state index contributed by atoms with van der Waals surface area (Å²) in [5.41, 5.74) is 12.8. The molecule has 0 saturated carbocycles. The van der Waals surface area contributed by atoms with Crippen molar-refractivity contribution in [2.45, 2.75) is 38.3 Å². The van der Waals surface area contributed by atoms with Crippen LogP contribution in [0.15, 0.2) is 88.4 Å². The molecule has 252 valence electrons. The van der Waals surface area contributed by atoms with Gasteiger partial charge in [0.15, 0.2) is 11.5 Å². The van der Waals surface area contributed by atoms with Crippen molar-refractivity contribution in [1.82, 2.24) is 9.80 Å². The number of benzene rings is 3. The molecule has 0 radical (unpaired) electrons. The minimum Gasteiger partial charge on any atom is -0.493 e. The number of hydrogen-bond donors (Lipinski definition) is 1. The zero-order chi connectivity index (χ0) is 34.4. The minimum absolute atomic E-state index is 0.0864. The molecule has 2 amide bonds. The molecule has 8 rings (SSSR count). The topological polar surface area (TPSA) is 119 Å². The van der Waals surface area contributed by atoms with Crippen molar-refractivity contribution in [2.24, 2.45) is 9.98 Å². The number of fused-ring (bicyclic) bond motifs is 4. The normalized spacial score (nSPS) is 18.8. The third-order valence-electron chi connectivity index (χ3n) is 9.36. The van der Waals surface area contributed by atoms with E-state index < -0.39 is 0 Å². The van der Waals surface area contributed by atoms with Crippen LogP contribution in [0.1, 0.15) is 56.0 Å². The molecule has 5 heterocycles. The molecule has 11 heteroatoms. The number of nitrogen functional groups attached to an aromatic ring is 1. The van der Waals surface area contributed by atoms with Crippen LogP contribution >= 0.6 is 11.3 Å². The first-order valence-corrected chi connectivity index (χ1v) is 17.4. The summed E-state index contributed by atoms with van der Waals surface area (Å²) in [6.07, 6.45) is 9.52. The summed E-state index contributed by atoms with van der Waals surface area (Å²) in [6, 6.07) is 18.6. The van der Waals surface area contributed by atoms with E-state index in [0.717, 1.165) is 33.6 Å². The summed E-state index contributed by atoms with van der Waals surface area (Å²) >= 11 is 1.66. The fourth-order valence-corrected chi connectivity index (χ4v) is 7.46. The summed E-state index contributed by atoms with van der Waals surface area (Å²) in [6.45, 7) is 2.67. The van der Waals surface area contributed by atoms with E-state index >= 15 is 0 Å². The Morgan fingerprint density at radius 2 is 1.42 bits per heavy atom. The maximum absolute atomic E-state index is 13.6. The first-order chi connectivity index (χ1) is 24.4. The van der Waals surface area contributed by atoms with E-state index in [2.05, 4.69) is 11.1 Å². The van der Waals surface area contributed by atoms with Crippen molar-refractivity contribution in [1.29, 1.82) is 0 Å². The van der Waals surface area contributed by atoms with Gasteiger partial charge in [0.25, 0.3) is 11.8 Å². The number of nitrogens with two attached hydrogens (primary N) is 1. The third kappa shape index (κ3) is 5.83. The van der Waals surface area contributed by atoms with E-state index in [1.165, 1.54) is 0 Å². The predicted octanol–water partition coefficient (Wildman–Crippen LogP) is 7.44. The zero-order valence-electron chi connectivity index (χ0n) is 27.7. The average molecular weight is 686 g/mol. The number of carbonyl (C=O) groups excluding carboxylic acids is 2. The van der Waals surface area contributed by atoms with Gasteiger partial charge < -0.3 is 29.7 Å². The molecule has 4 aromatic rings. The van der Waals surface area contributed by atoms with Gasteiger partial charge in [-0.05, 0) is 64.9 Å². The lowest BCUT2D eigenvalue weighted by Gasteiger charge is -2.19. The second-order valence-electron chi connectivity index (χ2n) is 12.6. The summed E-state index contributed by atoms with van der Waals surface area (Å²) < 4.78 is 17.9. The molecule has 0 saturated heterocycles. The van der Waals surface area contributed by atoms with Crippen LogP contribution in [0.25, 0.3) is 11.1 Å². The minimum atomic E-state index is -0.156. The van der Waals surface area contributed by atoms with Crippen LogP contribution in [-0.2, 0) is 0 Å². The van der Waals surface area contributed by atoms with E-state index in [1.54, 1.807) is 40.4 Å². The molecular formula is C39H35N5O5S. The number of anilines is 1. The fourth-order valence-electron chi connectivity index (χ4n) is 6.71. The van der Waals surface area contributed by atoms with Crippen molar-refractivity contribution in [3.8, 4) is 17.2 Å². The number of ether oxygens (including phenoxy) is 3. The lowest BCUT2D eigenvalue weighted by Crippen LogP contribution is -2.32. The maximum atomic E-state index is 13.6. The van der Waals surface area contributed by atoms with Crippen LogP contribution in [0.5, 0.6) is 17.2 Å². The molecule has 4 aliphatic rings. The van der Waals surface area contributed by atoms with E-state index in [-0.39, 0.29) is 23.9 Å². The highest BCUT2D eigenvalue weighted by Crippen LogP contribution is 2.41. The molecule has 0 bridgehead atoms. The van der Waals surface area contributed by atoms with E-state index in [9.17, 15) is 9.59 Å². The van der Waals surface area contributed by atoms with Crippen LogP contribution in [0.4, 0.5) is 17.1 Å². The van der Waals surface area contributed by atoms with Gasteiger partial charge >= 0.3 is 0 Å². The monoisotopic (exact) mass is 685 g/mol. The number of methoxy groups -OCH3 is 1. The fraction of sp³-hybridized carbons (Fsp3) is 0.231. The highest BCUT2D eigenvalue weighted by molar-refractivity contribution is 7.11. The van der Waals surface area contributed by atoms with Crippen molar-refractivity contribution >= 4 is 63.8 Å². The molecule has 10 nitrogen and oxygen atoms in total. The number of nitrogens with zero attached hydrogens (tertiary/aromatic N) is 4. The molecule has 3 aromatic carbocycles. The molecule has 0 aliphatic carbocycles. The SMILES string of the molecule is COc1cc2c(cc1OCCCOc1cc3c(cc1C)C(=O)N1C=C(c4ccc(N)cc4)C[C@H]1C=N3)N=C[C@@H]1CC(c3cccs3)=CN1C2=O. The Hall–Kier alpha value is -5.68. The van der Waals surface area contributed by atoms with Gasteiger partial charge in [0.05, 0.1) is 54.9 Å². The molecule has 1 aromatic heterocycles. The lowest BCUT2D eigenvalue weighted by molar-refractivity contribution is 0.0809. The van der Waals surface area contributed by atoms with Crippen molar-refractivity contribution < 1.29 is 23.8 Å². The van der Waals surface area contributed by atoms with Crippen molar-refractivity contribution in [3.05, 3.63) is 106 Å². The van der Waals surface area contributed by atoms with Gasteiger partial charge in [-0.2, -0.15) is 0 Å². The van der Waals surface area contributed by atoms with Crippen molar-refractivity contribution in [3.63, 3.8) is 0 Å². The molecule has 0 spiro atoms. The molecule has 4 aliphatic heterocycles. The second-order valence-corrected chi connectivity index (χ2v) is 13.6. The second kappa shape index (κ2) is 13.0. The quantitative estimate of drug-likeness (QED) is 0.145. The Morgan fingerprint density at radius 3 is 2.08 bits per heavy atom. The number of hydrogen-bond acceptors (Lipinski definition) is 9. The zero-order valence-corrected chi connectivity index (χ0v) is 28.5. The van der Waals surface area contributed by atoms with Crippen LogP contribution in [0.3, 0.4) is 0 Å². The number of aliphatic imine (C=N–C) groups is 2. The van der Waals surface area contributed by atoms with Crippen LogP contribution in [-0.4, -0.2) is 66.5 Å². The van der Waals surface area contributed by atoms with Gasteiger partial charge in [0.1, 0.15) is 5.75 Å². The Morgan fingerprint density at radius 1 is 0.800 bits per heavy atom. The van der Waals surface area contributed by atoms with Gasteiger partial charge in [-0.25, -0.2) is 0 Å². The Labute approximate surface area is 293 Å². The lowest BCUT2D eigenvalue weighted by atomic mass is 10.0. The number of amides is 2. The molecular weight excluding hydrogens is 651 g/mol. The number of aryl methyl sites for hydroxylation is 1. The van der Waals surface area contributed by atoms with Crippen LogP contribution < -0.4 is 19.9 Å². The van der Waals surface area contributed by atoms with Gasteiger partial charge in [-0.15, -0.1) is 11.3 Å². The van der Waals surface area contributed by atoms with Gasteiger partial charge in [0, 0.05) is 66.8 Å². The smallest absolute Gasteiger partial charge is 0.260 e. The number of thiophene rings is 1. The highest BCUT2D eigenvalue weighted by atomic mass is 32.1. The Balaban J connectivity index is 0.903. The van der Waals surface area contributed by atoms with Crippen LogP contribution in [0, 0.1) is 6.92 Å². The first kappa shape index (κ1) is 31.6. The molecule has 2 atom stereocenters. The number of carbonyl (C=O) groups is 2. The van der Waals surface area contributed by atoms with E-state index in [0.29, 0.717) is 71.5 Å². The summed E-state index contributed by atoms with van der Waals surface area (Å²) in [4.78, 5) is 41.3. The Bertz CT molecular complexity index is 2120. The van der Waals surface area contributed by atoms with Gasteiger partial charge in [-0.3, -0.25) is 19.6 Å². The Kier molecular flexibility index (Phi) is 8.20. The standard InChI is InChI=1S/C39H35N5O5S/c1-23-13-30-32(41-19-28-14-25(21-43(28)38(30)45)24-6-8-27(40)9-7-24)17-34(23)48-10-4-11-49-36-18-33-31(16-35(36)47-2)39(46)44-22-26(15-29(44)20-42-33)37-5-3-12-50-37/h3,5-9,12-13,16-22,28-29H,4,10-11,14-15,40H2,1-2H3/t28-,29-/m0/s1. The average Bonchev–Trinajstić information content (AvgIpc) is 3.88. The molecule has 50 heavy (non-hydrogen) atoms. The van der Waals surface area contributed by atoms with Crippen LogP contribution in [0.2, 0.25) is 0 Å². The van der Waals surface area contributed by atoms with E-state index in [1.807, 2.05) is 79.6 Å². The van der Waals surface area contributed by atoms with Gasteiger partial charge in [-0.1, -0.05) is 18.2 Å². The summed E-state index contributed by atoms with van der Waals surface area (Å²) in [5.74, 6) is 1.44. The number of rotatable bonds is 9. The summed E-state index contributed by atoms with van der Waals surface area (Å²) in [5, 5.41) is 2.04. The third-order valence-corrected chi connectivity index (χ3v) is 10.3.